The molecule has 0 saturated heterocycles. The molecule has 1 aromatic carbocycles. The highest BCUT2D eigenvalue weighted by Gasteiger charge is 2.28. The highest BCUT2D eigenvalue weighted by atomic mass is 16.5. The molecule has 0 spiro atoms. The largest absolute Gasteiger partial charge is 0.465 e. The Hall–Kier alpha value is -1.88. The third-order valence-electron chi connectivity index (χ3n) is 2.76. The Labute approximate surface area is 113 Å². The highest BCUT2D eigenvalue weighted by molar-refractivity contribution is 5.80. The maximum absolute atomic E-state index is 12.1. The SMILES string of the molecule is CCOC(=O)C(c1ccccc1)N(CC)CC(N)=O. The number of hydrogen-bond acceptors (Lipinski definition) is 4. The van der Waals surface area contributed by atoms with E-state index in [-0.39, 0.29) is 12.5 Å². The summed E-state index contributed by atoms with van der Waals surface area (Å²) in [5, 5.41) is 0. The van der Waals surface area contributed by atoms with Crippen molar-refractivity contribution in [1.29, 1.82) is 0 Å². The summed E-state index contributed by atoms with van der Waals surface area (Å²) >= 11 is 0. The van der Waals surface area contributed by atoms with Crippen molar-refractivity contribution in [2.75, 3.05) is 19.7 Å². The lowest BCUT2D eigenvalue weighted by Gasteiger charge is -2.28. The molecule has 0 heterocycles. The Kier molecular flexibility index (Phi) is 6.02. The van der Waals surface area contributed by atoms with Gasteiger partial charge in [-0.15, -0.1) is 0 Å². The minimum absolute atomic E-state index is 0.0227. The number of esters is 1. The van der Waals surface area contributed by atoms with Crippen LogP contribution in [0.5, 0.6) is 0 Å². The number of benzene rings is 1. The molecule has 0 fully saturated rings. The second kappa shape index (κ2) is 7.53. The van der Waals surface area contributed by atoms with Crippen molar-refractivity contribution in [2.45, 2.75) is 19.9 Å². The zero-order valence-corrected chi connectivity index (χ0v) is 11.3. The van der Waals surface area contributed by atoms with Crippen LogP contribution >= 0.6 is 0 Å². The zero-order chi connectivity index (χ0) is 14.3. The van der Waals surface area contributed by atoms with Gasteiger partial charge >= 0.3 is 5.97 Å². The summed E-state index contributed by atoms with van der Waals surface area (Å²) < 4.78 is 5.09. The van der Waals surface area contributed by atoms with Crippen LogP contribution in [0, 0.1) is 0 Å². The fourth-order valence-electron chi connectivity index (χ4n) is 1.94. The third kappa shape index (κ3) is 4.37. The quantitative estimate of drug-likeness (QED) is 0.748. The average Bonchev–Trinajstić information content (AvgIpc) is 2.39. The minimum Gasteiger partial charge on any atom is -0.465 e. The van der Waals surface area contributed by atoms with Gasteiger partial charge in [0.15, 0.2) is 0 Å². The molecule has 1 atom stereocenters. The zero-order valence-electron chi connectivity index (χ0n) is 11.3. The van der Waals surface area contributed by atoms with Gasteiger partial charge in [-0.1, -0.05) is 37.3 Å². The molecule has 0 aliphatic heterocycles. The van der Waals surface area contributed by atoms with E-state index in [1.54, 1.807) is 11.8 Å². The lowest BCUT2D eigenvalue weighted by molar-refractivity contribution is -0.150. The molecular weight excluding hydrogens is 244 g/mol. The van der Waals surface area contributed by atoms with E-state index in [0.29, 0.717) is 13.2 Å². The number of amides is 1. The molecule has 0 aromatic heterocycles. The summed E-state index contributed by atoms with van der Waals surface area (Å²) in [5.74, 6) is -0.830. The first-order valence-electron chi connectivity index (χ1n) is 6.34. The van der Waals surface area contributed by atoms with Crippen molar-refractivity contribution in [3.05, 3.63) is 35.9 Å². The first-order chi connectivity index (χ1) is 9.10. The van der Waals surface area contributed by atoms with Gasteiger partial charge in [-0.3, -0.25) is 9.69 Å². The molecule has 5 heteroatoms. The molecule has 1 rings (SSSR count). The van der Waals surface area contributed by atoms with Gasteiger partial charge in [-0.2, -0.15) is 0 Å². The van der Waals surface area contributed by atoms with E-state index in [1.807, 2.05) is 37.3 Å². The molecule has 0 saturated carbocycles. The number of ether oxygens (including phenoxy) is 1. The maximum atomic E-state index is 12.1. The van der Waals surface area contributed by atoms with E-state index in [4.69, 9.17) is 10.5 Å². The Morgan fingerprint density at radius 3 is 2.37 bits per heavy atom. The van der Waals surface area contributed by atoms with Gasteiger partial charge in [0.1, 0.15) is 6.04 Å². The first kappa shape index (κ1) is 15.2. The monoisotopic (exact) mass is 264 g/mol. The molecule has 104 valence electrons. The smallest absolute Gasteiger partial charge is 0.328 e. The Balaban J connectivity index is 3.03. The van der Waals surface area contributed by atoms with Gasteiger partial charge in [0, 0.05) is 0 Å². The van der Waals surface area contributed by atoms with E-state index in [0.717, 1.165) is 5.56 Å². The minimum atomic E-state index is -0.598. The van der Waals surface area contributed by atoms with Crippen molar-refractivity contribution in [2.24, 2.45) is 5.73 Å². The summed E-state index contributed by atoms with van der Waals surface area (Å²) in [6.45, 7) is 4.48. The fraction of sp³-hybridized carbons (Fsp3) is 0.429. The molecule has 1 aromatic rings. The molecule has 2 N–H and O–H groups in total. The number of nitrogens with zero attached hydrogens (tertiary/aromatic N) is 1. The topological polar surface area (TPSA) is 72.6 Å². The molecular formula is C14H20N2O3. The number of rotatable bonds is 7. The number of hydrogen-bond donors (Lipinski definition) is 1. The van der Waals surface area contributed by atoms with Crippen LogP contribution in [-0.2, 0) is 14.3 Å². The number of primary amides is 1. The molecule has 0 radical (unpaired) electrons. The summed E-state index contributed by atoms with van der Waals surface area (Å²) in [6, 6.07) is 8.64. The second-order valence-corrected chi connectivity index (χ2v) is 4.09. The normalized spacial score (nSPS) is 12.2. The number of carbonyl (C=O) groups is 2. The van der Waals surface area contributed by atoms with Gasteiger partial charge < -0.3 is 10.5 Å². The molecule has 1 unspecified atom stereocenters. The van der Waals surface area contributed by atoms with Crippen LogP contribution in [0.1, 0.15) is 25.5 Å². The van der Waals surface area contributed by atoms with Crippen molar-refractivity contribution in [1.82, 2.24) is 4.90 Å². The molecule has 5 nitrogen and oxygen atoms in total. The van der Waals surface area contributed by atoms with Crippen molar-refractivity contribution in [3.8, 4) is 0 Å². The van der Waals surface area contributed by atoms with E-state index in [2.05, 4.69) is 0 Å². The summed E-state index contributed by atoms with van der Waals surface area (Å²) in [6.07, 6.45) is 0. The molecule has 0 aliphatic carbocycles. The fourth-order valence-corrected chi connectivity index (χ4v) is 1.94. The Bertz CT molecular complexity index is 420. The number of carbonyl (C=O) groups excluding carboxylic acids is 2. The van der Waals surface area contributed by atoms with Crippen molar-refractivity contribution < 1.29 is 14.3 Å². The van der Waals surface area contributed by atoms with E-state index >= 15 is 0 Å². The van der Waals surface area contributed by atoms with Crippen LogP contribution in [0.3, 0.4) is 0 Å². The molecule has 19 heavy (non-hydrogen) atoms. The standard InChI is InChI=1S/C14H20N2O3/c1-3-16(10-12(15)17)13(14(18)19-4-2)11-8-6-5-7-9-11/h5-9,13H,3-4,10H2,1-2H3,(H2,15,17). The first-order valence-corrected chi connectivity index (χ1v) is 6.34. The van der Waals surface area contributed by atoms with Crippen LogP contribution < -0.4 is 5.73 Å². The van der Waals surface area contributed by atoms with Crippen molar-refractivity contribution in [3.63, 3.8) is 0 Å². The van der Waals surface area contributed by atoms with Gasteiger partial charge in [-0.25, -0.2) is 4.79 Å². The van der Waals surface area contributed by atoms with Crippen LogP contribution in [-0.4, -0.2) is 36.5 Å². The van der Waals surface area contributed by atoms with Gasteiger partial charge in [-0.05, 0) is 19.0 Å². The average molecular weight is 264 g/mol. The molecule has 0 aliphatic rings. The van der Waals surface area contributed by atoms with Gasteiger partial charge in [0.2, 0.25) is 5.91 Å². The Morgan fingerprint density at radius 1 is 1.26 bits per heavy atom. The molecule has 0 bridgehead atoms. The van der Waals surface area contributed by atoms with E-state index in [1.165, 1.54) is 0 Å². The van der Waals surface area contributed by atoms with Gasteiger partial charge in [0.25, 0.3) is 0 Å². The van der Waals surface area contributed by atoms with Gasteiger partial charge in [0.05, 0.1) is 13.2 Å². The summed E-state index contributed by atoms with van der Waals surface area (Å²) in [4.78, 5) is 24.9. The number of nitrogens with two attached hydrogens (primary N) is 1. The van der Waals surface area contributed by atoms with E-state index < -0.39 is 11.9 Å². The van der Waals surface area contributed by atoms with Crippen molar-refractivity contribution >= 4 is 11.9 Å². The third-order valence-corrected chi connectivity index (χ3v) is 2.76. The lowest BCUT2D eigenvalue weighted by atomic mass is 10.1. The van der Waals surface area contributed by atoms with Crippen LogP contribution in [0.25, 0.3) is 0 Å². The predicted octanol–water partition coefficient (Wildman–Crippen LogP) is 1.10. The summed E-state index contributed by atoms with van der Waals surface area (Å²) in [5.41, 5.74) is 6.02. The Morgan fingerprint density at radius 2 is 1.89 bits per heavy atom. The second-order valence-electron chi connectivity index (χ2n) is 4.09. The van der Waals surface area contributed by atoms with Crippen LogP contribution in [0.2, 0.25) is 0 Å². The number of likely N-dealkylation sites (N-methyl/N-ethyl adjacent to an activating group) is 1. The highest BCUT2D eigenvalue weighted by Crippen LogP contribution is 2.21. The predicted molar refractivity (Wildman–Crippen MR) is 72.3 cm³/mol. The maximum Gasteiger partial charge on any atom is 0.328 e. The lowest BCUT2D eigenvalue weighted by Crippen LogP contribution is -2.40. The van der Waals surface area contributed by atoms with Crippen LogP contribution in [0.15, 0.2) is 30.3 Å². The summed E-state index contributed by atoms with van der Waals surface area (Å²) in [7, 11) is 0. The van der Waals surface area contributed by atoms with E-state index in [9.17, 15) is 9.59 Å². The molecule has 1 amide bonds. The van der Waals surface area contributed by atoms with Crippen LogP contribution in [0.4, 0.5) is 0 Å².